The van der Waals surface area contributed by atoms with E-state index in [0.717, 1.165) is 0 Å². The second-order valence-electron chi connectivity index (χ2n) is 0.724. The van der Waals surface area contributed by atoms with E-state index < -0.39 is 0 Å². The van der Waals surface area contributed by atoms with Gasteiger partial charge in [-0.3, -0.25) is 0 Å². The molecule has 0 aromatic heterocycles. The molecule has 0 fully saturated rings. The summed E-state index contributed by atoms with van der Waals surface area (Å²) in [5.74, 6) is 0. The maximum atomic E-state index is 2.54. The first-order chi connectivity index (χ1) is 1.91. The standard InChI is InChI=1S/C3H7.V/c1-3-2;/h1,3H2,2H3;. The fourth-order valence-electron chi connectivity index (χ4n) is 0. The summed E-state index contributed by atoms with van der Waals surface area (Å²) in [4.78, 5) is 0. The molecule has 4 heavy (non-hydrogen) atoms. The van der Waals surface area contributed by atoms with Gasteiger partial charge in [0.25, 0.3) is 0 Å². The molecule has 0 amide bonds. The Morgan fingerprint density at radius 3 is 2.00 bits per heavy atom. The van der Waals surface area contributed by atoms with E-state index in [2.05, 4.69) is 24.3 Å². The molecule has 24 valence electrons. The van der Waals surface area contributed by atoms with Gasteiger partial charge >= 0.3 is 35.9 Å². The van der Waals surface area contributed by atoms with Crippen molar-refractivity contribution in [2.45, 2.75) is 18.5 Å². The Balaban J connectivity index is 1.97. The van der Waals surface area contributed by atoms with Gasteiger partial charge in [0.2, 0.25) is 0 Å². The summed E-state index contributed by atoms with van der Waals surface area (Å²) in [5, 5.41) is 1.26. The van der Waals surface area contributed by atoms with Crippen LogP contribution in [0.4, 0.5) is 0 Å². The maximum absolute atomic E-state index is 2.54. The second kappa shape index (κ2) is 3.58. The van der Waals surface area contributed by atoms with Crippen molar-refractivity contribution >= 4 is 0 Å². The molecule has 0 aliphatic carbocycles. The minimum atomic E-state index is 1.26. The minimum absolute atomic E-state index is 1.26. The van der Waals surface area contributed by atoms with Gasteiger partial charge in [-0.25, -0.2) is 0 Å². The first-order valence-corrected chi connectivity index (χ1v) is 2.51. The van der Waals surface area contributed by atoms with Gasteiger partial charge in [0.05, 0.1) is 0 Å². The molecule has 1 heteroatoms. The van der Waals surface area contributed by atoms with Gasteiger partial charge in [-0.05, 0) is 0 Å². The van der Waals surface area contributed by atoms with Crippen LogP contribution in [0, 0.1) is 0 Å². The normalized spacial score (nSPS) is 7.25. The summed E-state index contributed by atoms with van der Waals surface area (Å²) < 4.78 is 0. The van der Waals surface area contributed by atoms with Crippen LogP contribution in [0.15, 0.2) is 0 Å². The molecule has 0 N–H and O–H groups in total. The Hall–Kier alpha value is 0.584. The van der Waals surface area contributed by atoms with Gasteiger partial charge in [0.1, 0.15) is 0 Å². The molecule has 0 radical (unpaired) electrons. The molecule has 0 aromatic rings. The predicted octanol–water partition coefficient (Wildman–Crippen LogP) is 1.36. The van der Waals surface area contributed by atoms with E-state index in [1.807, 2.05) is 0 Å². The Morgan fingerprint density at radius 1 is 1.75 bits per heavy atom. The molecule has 0 unspecified atom stereocenters. The topological polar surface area (TPSA) is 0 Å². The summed E-state index contributed by atoms with van der Waals surface area (Å²) in [5.41, 5.74) is 0. The second-order valence-corrected chi connectivity index (χ2v) is 1.42. The van der Waals surface area contributed by atoms with Crippen molar-refractivity contribution in [1.29, 1.82) is 0 Å². The van der Waals surface area contributed by atoms with Crippen LogP contribution >= 0.6 is 0 Å². The summed E-state index contributed by atoms with van der Waals surface area (Å²) in [6.07, 6.45) is 1.29. The van der Waals surface area contributed by atoms with Crippen molar-refractivity contribution in [1.82, 2.24) is 0 Å². The molecule has 0 saturated heterocycles. The molecule has 0 bridgehead atoms. The van der Waals surface area contributed by atoms with Crippen LogP contribution in [-0.4, -0.2) is 0 Å². The number of hydrogen-bond acceptors (Lipinski definition) is 0. The summed E-state index contributed by atoms with van der Waals surface area (Å²) in [6, 6.07) is 0. The van der Waals surface area contributed by atoms with E-state index in [4.69, 9.17) is 0 Å². The molecule has 0 aliphatic rings. The summed E-state index contributed by atoms with van der Waals surface area (Å²) in [6.45, 7) is 2.16. The van der Waals surface area contributed by atoms with E-state index in [-0.39, 0.29) is 0 Å². The van der Waals surface area contributed by atoms with Crippen molar-refractivity contribution in [2.24, 2.45) is 0 Å². The van der Waals surface area contributed by atoms with E-state index in [0.29, 0.717) is 0 Å². The fraction of sp³-hybridized carbons (Fsp3) is 1.00. The molecule has 0 spiro atoms. The Morgan fingerprint density at radius 2 is 2.00 bits per heavy atom. The van der Waals surface area contributed by atoms with Crippen LogP contribution in [0.1, 0.15) is 13.3 Å². The van der Waals surface area contributed by atoms with Gasteiger partial charge < -0.3 is 0 Å². The van der Waals surface area contributed by atoms with Gasteiger partial charge in [0.15, 0.2) is 0 Å². The molecular weight excluding hydrogens is 87.0 g/mol. The summed E-state index contributed by atoms with van der Waals surface area (Å²) >= 11 is 2.54. The Labute approximate surface area is 36.6 Å². The third-order valence-corrected chi connectivity index (χ3v) is 0.922. The zero-order valence-corrected chi connectivity index (χ0v) is 4.26. The Bertz CT molecular complexity index is 5.25. The first-order valence-electron chi connectivity index (χ1n) is 1.52. The monoisotopic (exact) mass is 94.0 g/mol. The van der Waals surface area contributed by atoms with Gasteiger partial charge in [-0.1, -0.05) is 0 Å². The van der Waals surface area contributed by atoms with Gasteiger partial charge in [-0.2, -0.15) is 0 Å². The van der Waals surface area contributed by atoms with Crippen molar-refractivity contribution in [3.8, 4) is 0 Å². The van der Waals surface area contributed by atoms with Crippen LogP contribution in [0.5, 0.6) is 0 Å². The zero-order chi connectivity index (χ0) is 3.41. The molecule has 0 saturated carbocycles. The third-order valence-electron chi connectivity index (χ3n) is 0.224. The van der Waals surface area contributed by atoms with Crippen LogP contribution < -0.4 is 0 Å². The number of rotatable bonds is 1. The van der Waals surface area contributed by atoms with Gasteiger partial charge in [0, 0.05) is 0 Å². The van der Waals surface area contributed by atoms with E-state index >= 15 is 0 Å². The van der Waals surface area contributed by atoms with Crippen molar-refractivity contribution in [2.75, 3.05) is 0 Å². The van der Waals surface area contributed by atoms with Crippen LogP contribution in [0.3, 0.4) is 0 Å². The molecule has 0 aromatic carbocycles. The van der Waals surface area contributed by atoms with Crippen LogP contribution in [0.25, 0.3) is 0 Å². The number of hydrogen-bond donors (Lipinski definition) is 0. The van der Waals surface area contributed by atoms with Gasteiger partial charge in [-0.15, -0.1) is 0 Å². The quantitative estimate of drug-likeness (QED) is 0.460. The third kappa shape index (κ3) is 2.58. The zero-order valence-electron chi connectivity index (χ0n) is 2.86. The SMILES string of the molecule is CC[CH2][V]. The Kier molecular flexibility index (Phi) is 4.11. The summed E-state index contributed by atoms with van der Waals surface area (Å²) in [7, 11) is 0. The van der Waals surface area contributed by atoms with Crippen molar-refractivity contribution < 1.29 is 17.4 Å². The fourth-order valence-corrected chi connectivity index (χ4v) is 0. The molecule has 0 atom stereocenters. The molecule has 0 aliphatic heterocycles. The van der Waals surface area contributed by atoms with E-state index in [9.17, 15) is 0 Å². The van der Waals surface area contributed by atoms with E-state index in [1.165, 1.54) is 11.6 Å². The van der Waals surface area contributed by atoms with Crippen molar-refractivity contribution in [3.05, 3.63) is 0 Å². The average molecular weight is 94.0 g/mol. The van der Waals surface area contributed by atoms with Crippen LogP contribution in [0.2, 0.25) is 5.13 Å². The van der Waals surface area contributed by atoms with Crippen LogP contribution in [-0.2, 0) is 17.4 Å². The molecule has 0 heterocycles. The molecule has 0 nitrogen and oxygen atoms in total. The molecular formula is C3H7V. The predicted molar refractivity (Wildman–Crippen MR) is 15.1 cm³/mol. The average Bonchev–Trinajstić information content (AvgIpc) is 1.37. The first kappa shape index (κ1) is 4.58. The van der Waals surface area contributed by atoms with Crippen molar-refractivity contribution in [3.63, 3.8) is 0 Å². The molecule has 0 rings (SSSR count). The van der Waals surface area contributed by atoms with E-state index in [1.54, 1.807) is 0 Å².